The van der Waals surface area contributed by atoms with E-state index in [-0.39, 0.29) is 17.2 Å². The van der Waals surface area contributed by atoms with Gasteiger partial charge in [0.15, 0.2) is 0 Å². The molecule has 1 saturated heterocycles. The van der Waals surface area contributed by atoms with Crippen LogP contribution in [0, 0.1) is 12.8 Å². The Morgan fingerprint density at radius 2 is 2.24 bits per heavy atom. The summed E-state index contributed by atoms with van der Waals surface area (Å²) in [6.07, 6.45) is 3.54. The molecule has 0 bridgehead atoms. The molecule has 1 aliphatic heterocycles. The van der Waals surface area contributed by atoms with E-state index in [1.165, 1.54) is 10.9 Å². The van der Waals surface area contributed by atoms with E-state index < -0.39 is 0 Å². The van der Waals surface area contributed by atoms with Crippen LogP contribution in [0.15, 0.2) is 15.5 Å². The second kappa shape index (κ2) is 5.02. The topological polar surface area (TPSA) is 68.3 Å². The van der Waals surface area contributed by atoms with Crippen molar-refractivity contribution in [2.24, 2.45) is 13.0 Å². The first kappa shape index (κ1) is 13.9. The zero-order valence-electron chi connectivity index (χ0n) is 12.5. The third-order valence-electron chi connectivity index (χ3n) is 4.11. The van der Waals surface area contributed by atoms with Crippen molar-refractivity contribution in [3.63, 3.8) is 0 Å². The van der Waals surface area contributed by atoms with Crippen molar-refractivity contribution < 1.29 is 9.21 Å². The van der Waals surface area contributed by atoms with Gasteiger partial charge in [-0.2, -0.15) is 0 Å². The van der Waals surface area contributed by atoms with E-state index in [4.69, 9.17) is 4.42 Å². The van der Waals surface area contributed by atoms with Gasteiger partial charge in [-0.05, 0) is 25.7 Å². The number of rotatable bonds is 1. The standard InChI is InChI=1S/C15H19N3O3/c1-9-5-4-6-18(7-9)15(20)11-10(2)21-13-12(11)14(19)17(3)8-16-13/h8-9H,4-7H2,1-3H3/t9-/m1/s1. The maximum absolute atomic E-state index is 12.8. The summed E-state index contributed by atoms with van der Waals surface area (Å²) in [6.45, 7) is 5.31. The molecule has 0 unspecified atom stereocenters. The van der Waals surface area contributed by atoms with Gasteiger partial charge in [0.2, 0.25) is 5.71 Å². The fraction of sp³-hybridized carbons (Fsp3) is 0.533. The molecular formula is C15H19N3O3. The number of amides is 1. The van der Waals surface area contributed by atoms with Gasteiger partial charge in [-0.3, -0.25) is 9.59 Å². The van der Waals surface area contributed by atoms with Crippen LogP contribution < -0.4 is 5.56 Å². The van der Waals surface area contributed by atoms with Crippen molar-refractivity contribution in [3.8, 4) is 0 Å². The Balaban J connectivity index is 2.11. The fourth-order valence-corrected chi connectivity index (χ4v) is 2.98. The first-order valence-electron chi connectivity index (χ1n) is 7.23. The van der Waals surface area contributed by atoms with Crippen molar-refractivity contribution in [1.82, 2.24) is 14.5 Å². The molecule has 0 aromatic carbocycles. The number of aryl methyl sites for hydroxylation is 2. The summed E-state index contributed by atoms with van der Waals surface area (Å²) in [5, 5.41) is 0.292. The lowest BCUT2D eigenvalue weighted by molar-refractivity contribution is 0.0683. The summed E-state index contributed by atoms with van der Waals surface area (Å²) in [5.74, 6) is 0.828. The van der Waals surface area contributed by atoms with E-state index >= 15 is 0 Å². The minimum absolute atomic E-state index is 0.122. The Morgan fingerprint density at radius 3 is 2.95 bits per heavy atom. The second-order valence-corrected chi connectivity index (χ2v) is 5.87. The van der Waals surface area contributed by atoms with Crippen LogP contribution in [0.1, 0.15) is 35.9 Å². The van der Waals surface area contributed by atoms with Gasteiger partial charge in [0, 0.05) is 20.1 Å². The van der Waals surface area contributed by atoms with Crippen molar-refractivity contribution in [2.45, 2.75) is 26.7 Å². The predicted molar refractivity (Wildman–Crippen MR) is 78.3 cm³/mol. The number of hydrogen-bond donors (Lipinski definition) is 0. The Hall–Kier alpha value is -2.11. The van der Waals surface area contributed by atoms with Crippen molar-refractivity contribution in [1.29, 1.82) is 0 Å². The summed E-state index contributed by atoms with van der Waals surface area (Å²) in [4.78, 5) is 31.0. The minimum Gasteiger partial charge on any atom is -0.442 e. The van der Waals surface area contributed by atoms with Crippen LogP contribution in [0.5, 0.6) is 0 Å². The van der Waals surface area contributed by atoms with Crippen LogP contribution in [-0.2, 0) is 7.05 Å². The zero-order chi connectivity index (χ0) is 15.1. The molecule has 0 radical (unpaired) electrons. The lowest BCUT2D eigenvalue weighted by atomic mass is 9.99. The molecule has 21 heavy (non-hydrogen) atoms. The minimum atomic E-state index is -0.245. The Kier molecular flexibility index (Phi) is 3.31. The van der Waals surface area contributed by atoms with E-state index in [1.54, 1.807) is 14.0 Å². The number of carbonyl (C=O) groups excluding carboxylic acids is 1. The number of piperidine rings is 1. The summed E-state index contributed by atoms with van der Waals surface area (Å²) >= 11 is 0. The average molecular weight is 289 g/mol. The van der Waals surface area contributed by atoms with Gasteiger partial charge >= 0.3 is 0 Å². The summed E-state index contributed by atoms with van der Waals surface area (Å²) in [6, 6.07) is 0. The lowest BCUT2D eigenvalue weighted by Gasteiger charge is -2.30. The molecule has 6 heteroatoms. The SMILES string of the molecule is Cc1oc2ncn(C)c(=O)c2c1C(=O)N1CCC[C@@H](C)C1. The van der Waals surface area contributed by atoms with E-state index in [1.807, 2.05) is 4.90 Å². The van der Waals surface area contributed by atoms with E-state index in [0.717, 1.165) is 25.9 Å². The van der Waals surface area contributed by atoms with Gasteiger partial charge in [-0.1, -0.05) is 6.92 Å². The van der Waals surface area contributed by atoms with Gasteiger partial charge in [0.1, 0.15) is 17.5 Å². The van der Waals surface area contributed by atoms with Crippen LogP contribution in [0.25, 0.3) is 11.1 Å². The molecule has 1 aliphatic rings. The highest BCUT2D eigenvalue weighted by Crippen LogP contribution is 2.25. The molecule has 3 heterocycles. The Bertz CT molecular complexity index is 759. The normalized spacial score (nSPS) is 19.2. The summed E-state index contributed by atoms with van der Waals surface area (Å²) < 4.78 is 6.87. The number of furan rings is 1. The number of hydrogen-bond acceptors (Lipinski definition) is 4. The third kappa shape index (κ3) is 2.24. The number of carbonyl (C=O) groups is 1. The molecule has 2 aromatic rings. The molecule has 1 atom stereocenters. The molecule has 0 saturated carbocycles. The summed E-state index contributed by atoms with van der Waals surface area (Å²) in [5.41, 5.74) is 0.363. The predicted octanol–water partition coefficient (Wildman–Crippen LogP) is 1.71. The first-order chi connectivity index (χ1) is 9.99. The van der Waals surface area contributed by atoms with Crippen molar-refractivity contribution in [3.05, 3.63) is 28.0 Å². The number of likely N-dealkylation sites (tertiary alicyclic amines) is 1. The molecule has 1 amide bonds. The van der Waals surface area contributed by atoms with Crippen molar-refractivity contribution >= 4 is 17.0 Å². The number of fused-ring (bicyclic) bond motifs is 1. The van der Waals surface area contributed by atoms with Crippen molar-refractivity contribution in [2.75, 3.05) is 13.1 Å². The summed E-state index contributed by atoms with van der Waals surface area (Å²) in [7, 11) is 1.62. The van der Waals surface area contributed by atoms with Gasteiger partial charge in [-0.15, -0.1) is 0 Å². The highest BCUT2D eigenvalue weighted by Gasteiger charge is 2.28. The Morgan fingerprint density at radius 1 is 1.48 bits per heavy atom. The molecule has 112 valence electrons. The van der Waals surface area contributed by atoms with E-state index in [2.05, 4.69) is 11.9 Å². The molecule has 0 N–H and O–H groups in total. The largest absolute Gasteiger partial charge is 0.442 e. The smallest absolute Gasteiger partial charge is 0.265 e. The zero-order valence-corrected chi connectivity index (χ0v) is 12.5. The highest BCUT2D eigenvalue weighted by atomic mass is 16.3. The molecule has 0 aliphatic carbocycles. The second-order valence-electron chi connectivity index (χ2n) is 5.87. The lowest BCUT2D eigenvalue weighted by Crippen LogP contribution is -2.39. The van der Waals surface area contributed by atoms with Crippen LogP contribution in [0.3, 0.4) is 0 Å². The van der Waals surface area contributed by atoms with Gasteiger partial charge in [-0.25, -0.2) is 4.98 Å². The molecule has 2 aromatic heterocycles. The van der Waals surface area contributed by atoms with Crippen LogP contribution in [0.2, 0.25) is 0 Å². The molecular weight excluding hydrogens is 270 g/mol. The quantitative estimate of drug-likeness (QED) is 0.801. The Labute approximate surface area is 122 Å². The monoisotopic (exact) mass is 289 g/mol. The maximum atomic E-state index is 12.8. The molecule has 6 nitrogen and oxygen atoms in total. The molecule has 1 fully saturated rings. The van der Waals surface area contributed by atoms with Crippen LogP contribution in [0.4, 0.5) is 0 Å². The van der Waals surface area contributed by atoms with Gasteiger partial charge < -0.3 is 13.9 Å². The average Bonchev–Trinajstić information content (AvgIpc) is 2.79. The van der Waals surface area contributed by atoms with Gasteiger partial charge in [0.05, 0.1) is 5.56 Å². The maximum Gasteiger partial charge on any atom is 0.265 e. The molecule has 3 rings (SSSR count). The third-order valence-corrected chi connectivity index (χ3v) is 4.11. The first-order valence-corrected chi connectivity index (χ1v) is 7.23. The van der Waals surface area contributed by atoms with E-state index in [0.29, 0.717) is 22.6 Å². The van der Waals surface area contributed by atoms with E-state index in [9.17, 15) is 9.59 Å². The van der Waals surface area contributed by atoms with Crippen LogP contribution >= 0.6 is 0 Å². The van der Waals surface area contributed by atoms with Gasteiger partial charge in [0.25, 0.3) is 11.5 Å². The van der Waals surface area contributed by atoms with Crippen LogP contribution in [-0.4, -0.2) is 33.4 Å². The number of nitrogens with zero attached hydrogens (tertiary/aromatic N) is 3. The highest BCUT2D eigenvalue weighted by molar-refractivity contribution is 6.06. The number of aromatic nitrogens is 2. The fourth-order valence-electron chi connectivity index (χ4n) is 2.98. The molecule has 0 spiro atoms.